The molecule has 0 fully saturated rings. The zero-order valence-corrected chi connectivity index (χ0v) is 18.9. The Balaban J connectivity index is 2.95. The molecule has 5 nitrogen and oxygen atoms in total. The summed E-state index contributed by atoms with van der Waals surface area (Å²) < 4.78 is 3.49. The fourth-order valence-corrected chi connectivity index (χ4v) is 3.61. The van der Waals surface area contributed by atoms with Gasteiger partial charge in [-0.05, 0) is 84.3 Å². The summed E-state index contributed by atoms with van der Waals surface area (Å²) in [7, 11) is 0. The molecular weight excluding hydrogens is 354 g/mol. The van der Waals surface area contributed by atoms with Crippen LogP contribution in [0.25, 0.3) is 0 Å². The molecule has 0 aromatic heterocycles. The van der Waals surface area contributed by atoms with Crippen molar-refractivity contribution < 1.29 is 0 Å². The van der Waals surface area contributed by atoms with Crippen molar-refractivity contribution in [2.45, 2.75) is 77.6 Å². The van der Waals surface area contributed by atoms with Crippen LogP contribution in [-0.2, 0) is 0 Å². The van der Waals surface area contributed by atoms with Gasteiger partial charge in [0.25, 0.3) is 0 Å². The van der Waals surface area contributed by atoms with E-state index in [-0.39, 0.29) is 0 Å². The van der Waals surface area contributed by atoms with Gasteiger partial charge in [-0.25, -0.2) is 0 Å². The summed E-state index contributed by atoms with van der Waals surface area (Å²) in [4.78, 5) is 0. The molecule has 0 aromatic rings. The molecule has 0 aliphatic rings. The maximum atomic E-state index is 5.46. The van der Waals surface area contributed by atoms with Gasteiger partial charge in [0.1, 0.15) is 0 Å². The molecule has 0 spiro atoms. The molecule has 0 amide bonds. The Morgan fingerprint density at radius 3 is 1.70 bits per heavy atom. The highest BCUT2D eigenvalue weighted by atomic mass is 32.2. The first-order chi connectivity index (χ1) is 13.4. The van der Waals surface area contributed by atoms with Crippen LogP contribution in [0, 0.1) is 0 Å². The zero-order chi connectivity index (χ0) is 19.7. The van der Waals surface area contributed by atoms with Crippen LogP contribution >= 0.6 is 11.9 Å². The van der Waals surface area contributed by atoms with Crippen molar-refractivity contribution in [3.63, 3.8) is 0 Å². The molecular formula is C21H49N5S. The van der Waals surface area contributed by atoms with E-state index in [9.17, 15) is 0 Å². The maximum absolute atomic E-state index is 5.46. The van der Waals surface area contributed by atoms with Crippen LogP contribution in [0.3, 0.4) is 0 Å². The van der Waals surface area contributed by atoms with Gasteiger partial charge in [0.2, 0.25) is 0 Å². The molecule has 0 heterocycles. The molecule has 0 bridgehead atoms. The van der Waals surface area contributed by atoms with Crippen molar-refractivity contribution in [3.8, 4) is 0 Å². The molecule has 0 aromatic carbocycles. The minimum absolute atomic E-state index is 0.789. The smallest absolute Gasteiger partial charge is 0.00786 e. The predicted molar refractivity (Wildman–Crippen MR) is 125 cm³/mol. The highest BCUT2D eigenvalue weighted by molar-refractivity contribution is 7.97. The first-order valence-electron chi connectivity index (χ1n) is 11.6. The lowest BCUT2D eigenvalue weighted by atomic mass is 10.1. The van der Waals surface area contributed by atoms with E-state index in [0.29, 0.717) is 0 Å². The summed E-state index contributed by atoms with van der Waals surface area (Å²) in [6.07, 6.45) is 14.4. The van der Waals surface area contributed by atoms with Gasteiger partial charge in [0.05, 0.1) is 0 Å². The van der Waals surface area contributed by atoms with Gasteiger partial charge in [0, 0.05) is 12.3 Å². The van der Waals surface area contributed by atoms with E-state index in [1.165, 1.54) is 70.0 Å². The fourth-order valence-electron chi connectivity index (χ4n) is 2.82. The Kier molecular flexibility index (Phi) is 26.3. The summed E-state index contributed by atoms with van der Waals surface area (Å²) in [5, 5.41) is 10.5. The van der Waals surface area contributed by atoms with Crippen molar-refractivity contribution in [2.24, 2.45) is 5.73 Å². The van der Waals surface area contributed by atoms with E-state index in [2.05, 4.69) is 27.6 Å². The Morgan fingerprint density at radius 1 is 0.556 bits per heavy atom. The van der Waals surface area contributed by atoms with Gasteiger partial charge >= 0.3 is 0 Å². The Bertz CT molecular complexity index is 233. The minimum atomic E-state index is 0.789. The van der Waals surface area contributed by atoms with Gasteiger partial charge in [-0.15, -0.1) is 0 Å². The van der Waals surface area contributed by atoms with Crippen LogP contribution < -0.4 is 26.4 Å². The Morgan fingerprint density at radius 2 is 1.07 bits per heavy atom. The molecule has 164 valence electrons. The maximum Gasteiger partial charge on any atom is 0.00786 e. The van der Waals surface area contributed by atoms with Crippen LogP contribution in [0.4, 0.5) is 0 Å². The van der Waals surface area contributed by atoms with Crippen LogP contribution in [0.2, 0.25) is 0 Å². The monoisotopic (exact) mass is 403 g/mol. The molecule has 0 atom stereocenters. The lowest BCUT2D eigenvalue weighted by Gasteiger charge is -2.07. The third-order valence-electron chi connectivity index (χ3n) is 4.56. The van der Waals surface area contributed by atoms with Gasteiger partial charge in [0.15, 0.2) is 0 Å². The van der Waals surface area contributed by atoms with Crippen LogP contribution in [-0.4, -0.2) is 58.1 Å². The standard InChI is InChI=1S/C21H49N5S/c1-2-3-4-5-6-9-21-27-26-20-12-19-25-18-11-17-24-15-8-7-14-23-16-10-13-22/h23-26H,2-22H2,1H3. The Labute approximate surface area is 174 Å². The molecule has 0 radical (unpaired) electrons. The average molecular weight is 404 g/mol. The zero-order valence-electron chi connectivity index (χ0n) is 18.1. The molecule has 0 saturated carbocycles. The third kappa shape index (κ3) is 26.1. The van der Waals surface area contributed by atoms with E-state index in [1.807, 2.05) is 11.9 Å². The number of hydrogen-bond acceptors (Lipinski definition) is 6. The molecule has 0 unspecified atom stereocenters. The number of nitrogens with one attached hydrogen (secondary N) is 4. The lowest BCUT2D eigenvalue weighted by Crippen LogP contribution is -2.25. The SMILES string of the molecule is CCCCCCCCSNCCCNCCCNCCCCNCCCN. The first kappa shape index (κ1) is 27.1. The number of rotatable bonds is 24. The fraction of sp³-hybridized carbons (Fsp3) is 1.00. The summed E-state index contributed by atoms with van der Waals surface area (Å²) in [6.45, 7) is 10.9. The van der Waals surface area contributed by atoms with E-state index in [1.54, 1.807) is 0 Å². The molecule has 6 N–H and O–H groups in total. The van der Waals surface area contributed by atoms with Crippen LogP contribution in [0.15, 0.2) is 0 Å². The van der Waals surface area contributed by atoms with Gasteiger partial charge in [-0.3, -0.25) is 4.72 Å². The molecule has 27 heavy (non-hydrogen) atoms. The molecule has 6 heteroatoms. The Hall–Kier alpha value is 0.150. The second-order valence-corrected chi connectivity index (χ2v) is 8.30. The van der Waals surface area contributed by atoms with Crippen molar-refractivity contribution >= 4 is 11.9 Å². The average Bonchev–Trinajstić information content (AvgIpc) is 2.68. The summed E-state index contributed by atoms with van der Waals surface area (Å²) in [5.41, 5.74) is 5.46. The van der Waals surface area contributed by atoms with Crippen molar-refractivity contribution in [1.82, 2.24) is 20.7 Å². The highest BCUT2D eigenvalue weighted by Crippen LogP contribution is 2.07. The molecule has 0 rings (SSSR count). The molecule has 0 aliphatic heterocycles. The van der Waals surface area contributed by atoms with Crippen LogP contribution in [0.5, 0.6) is 0 Å². The highest BCUT2D eigenvalue weighted by Gasteiger charge is 1.94. The van der Waals surface area contributed by atoms with E-state index >= 15 is 0 Å². The van der Waals surface area contributed by atoms with Crippen molar-refractivity contribution in [2.75, 3.05) is 58.1 Å². The second-order valence-electron chi connectivity index (χ2n) is 7.32. The first-order valence-corrected chi connectivity index (χ1v) is 12.6. The predicted octanol–water partition coefficient (Wildman–Crippen LogP) is 3.26. The van der Waals surface area contributed by atoms with Gasteiger partial charge in [-0.2, -0.15) is 0 Å². The number of hydrogen-bond donors (Lipinski definition) is 5. The number of unbranched alkanes of at least 4 members (excludes halogenated alkanes) is 6. The topological polar surface area (TPSA) is 74.1 Å². The van der Waals surface area contributed by atoms with E-state index in [0.717, 1.165) is 58.8 Å². The van der Waals surface area contributed by atoms with Crippen molar-refractivity contribution in [3.05, 3.63) is 0 Å². The van der Waals surface area contributed by atoms with Gasteiger partial charge in [-0.1, -0.05) is 51.0 Å². The van der Waals surface area contributed by atoms with E-state index < -0.39 is 0 Å². The normalized spacial score (nSPS) is 11.3. The second kappa shape index (κ2) is 26.1. The largest absolute Gasteiger partial charge is 0.330 e. The quantitative estimate of drug-likeness (QED) is 0.126. The van der Waals surface area contributed by atoms with E-state index in [4.69, 9.17) is 5.73 Å². The lowest BCUT2D eigenvalue weighted by molar-refractivity contribution is 0.553. The third-order valence-corrected chi connectivity index (χ3v) is 5.46. The van der Waals surface area contributed by atoms with Crippen molar-refractivity contribution in [1.29, 1.82) is 0 Å². The number of nitrogens with two attached hydrogens (primary N) is 1. The van der Waals surface area contributed by atoms with Crippen LogP contribution in [0.1, 0.15) is 77.6 Å². The van der Waals surface area contributed by atoms with Gasteiger partial charge < -0.3 is 21.7 Å². The summed E-state index contributed by atoms with van der Waals surface area (Å²) in [5.74, 6) is 1.26. The minimum Gasteiger partial charge on any atom is -0.330 e. The molecule has 0 saturated heterocycles. The summed E-state index contributed by atoms with van der Waals surface area (Å²) >= 11 is 1.91. The summed E-state index contributed by atoms with van der Waals surface area (Å²) in [6, 6.07) is 0. The molecule has 0 aliphatic carbocycles.